The molecule has 1 aromatic heterocycles. The molecule has 25 heavy (non-hydrogen) atoms. The van der Waals surface area contributed by atoms with E-state index in [4.69, 9.17) is 5.11 Å². The van der Waals surface area contributed by atoms with Crippen LogP contribution < -0.4 is 10.6 Å². The van der Waals surface area contributed by atoms with Crippen LogP contribution in [0.1, 0.15) is 22.8 Å². The molecule has 2 rings (SSSR count). The number of carboxylic acids is 1. The molecular formula is C18H19N3O4. The minimum absolute atomic E-state index is 0.246. The summed E-state index contributed by atoms with van der Waals surface area (Å²) in [6.07, 6.45) is 3.21. The van der Waals surface area contributed by atoms with Crippen LogP contribution >= 0.6 is 0 Å². The van der Waals surface area contributed by atoms with Gasteiger partial charge >= 0.3 is 5.97 Å². The van der Waals surface area contributed by atoms with Gasteiger partial charge in [-0.05, 0) is 24.6 Å². The summed E-state index contributed by atoms with van der Waals surface area (Å²) in [6.45, 7) is 1.37. The van der Waals surface area contributed by atoms with Crippen molar-refractivity contribution < 1.29 is 19.5 Å². The molecule has 0 aliphatic rings. The van der Waals surface area contributed by atoms with Gasteiger partial charge in [0.2, 0.25) is 5.91 Å². The van der Waals surface area contributed by atoms with Crippen LogP contribution in [0.2, 0.25) is 0 Å². The average Bonchev–Trinajstić information content (AvgIpc) is 2.62. The first-order chi connectivity index (χ1) is 12.0. The lowest BCUT2D eigenvalue weighted by molar-refractivity contribution is -0.141. The zero-order valence-electron chi connectivity index (χ0n) is 13.7. The third-order valence-electron chi connectivity index (χ3n) is 3.58. The maximum Gasteiger partial charge on any atom is 0.325 e. The lowest BCUT2D eigenvalue weighted by atomic mass is 10.0. The molecule has 7 nitrogen and oxygen atoms in total. The average molecular weight is 341 g/mol. The molecule has 7 heteroatoms. The highest BCUT2D eigenvalue weighted by atomic mass is 16.4. The number of nitrogens with one attached hydrogen (secondary N) is 2. The van der Waals surface area contributed by atoms with Crippen molar-refractivity contribution in [1.82, 2.24) is 15.6 Å². The zero-order chi connectivity index (χ0) is 18.2. The van der Waals surface area contributed by atoms with Crippen molar-refractivity contribution in [3.05, 3.63) is 66.0 Å². The van der Waals surface area contributed by atoms with Crippen molar-refractivity contribution >= 4 is 17.8 Å². The fraction of sp³-hybridized carbons (Fsp3) is 0.222. The number of amides is 2. The van der Waals surface area contributed by atoms with Gasteiger partial charge in [-0.1, -0.05) is 30.3 Å². The van der Waals surface area contributed by atoms with Crippen LogP contribution in [0.15, 0.2) is 54.9 Å². The Morgan fingerprint density at radius 3 is 2.28 bits per heavy atom. The Kier molecular flexibility index (Phi) is 6.22. The van der Waals surface area contributed by atoms with Gasteiger partial charge < -0.3 is 15.7 Å². The molecule has 0 aliphatic carbocycles. The summed E-state index contributed by atoms with van der Waals surface area (Å²) in [5, 5.41) is 14.0. The van der Waals surface area contributed by atoms with Crippen LogP contribution in [0.4, 0.5) is 0 Å². The number of benzene rings is 1. The summed E-state index contributed by atoms with van der Waals surface area (Å²) in [5.41, 5.74) is 1.22. The lowest BCUT2D eigenvalue weighted by Crippen LogP contribution is -2.51. The molecule has 3 N–H and O–H groups in total. The molecule has 0 bridgehead atoms. The van der Waals surface area contributed by atoms with Crippen molar-refractivity contribution in [2.24, 2.45) is 0 Å². The van der Waals surface area contributed by atoms with E-state index in [-0.39, 0.29) is 6.42 Å². The Morgan fingerprint density at radius 1 is 1.04 bits per heavy atom. The Morgan fingerprint density at radius 2 is 1.68 bits per heavy atom. The first-order valence-electron chi connectivity index (χ1n) is 7.75. The second-order valence-electron chi connectivity index (χ2n) is 5.52. The molecule has 2 unspecified atom stereocenters. The molecule has 2 atom stereocenters. The number of aliphatic carboxylic acids is 1. The van der Waals surface area contributed by atoms with Gasteiger partial charge in [0.25, 0.3) is 5.91 Å². The standard InChI is InChI=1S/C18H19N3O4/c1-12(18(24)25)20-17(23)15(11-13-5-3-2-4-6-13)21-16(22)14-7-9-19-10-8-14/h2-10,12,15H,11H2,1H3,(H,20,23)(H,21,22)(H,24,25). The van der Waals surface area contributed by atoms with E-state index in [0.717, 1.165) is 5.56 Å². The molecule has 0 saturated carbocycles. The Balaban J connectivity index is 2.15. The molecule has 0 spiro atoms. The summed E-state index contributed by atoms with van der Waals surface area (Å²) in [4.78, 5) is 39.6. The number of rotatable bonds is 7. The first-order valence-corrected chi connectivity index (χ1v) is 7.75. The van der Waals surface area contributed by atoms with Gasteiger partial charge in [0, 0.05) is 24.4 Å². The quantitative estimate of drug-likeness (QED) is 0.696. The minimum atomic E-state index is -1.15. The van der Waals surface area contributed by atoms with Gasteiger partial charge in [-0.2, -0.15) is 0 Å². The van der Waals surface area contributed by atoms with Crippen molar-refractivity contribution in [1.29, 1.82) is 0 Å². The molecule has 2 amide bonds. The summed E-state index contributed by atoms with van der Waals surface area (Å²) in [6, 6.07) is 10.3. The van der Waals surface area contributed by atoms with E-state index in [2.05, 4.69) is 15.6 Å². The van der Waals surface area contributed by atoms with E-state index in [1.807, 2.05) is 30.3 Å². The van der Waals surface area contributed by atoms with Crippen molar-refractivity contribution in [3.8, 4) is 0 Å². The minimum Gasteiger partial charge on any atom is -0.480 e. The molecule has 1 heterocycles. The van der Waals surface area contributed by atoms with Gasteiger partial charge in [-0.3, -0.25) is 19.4 Å². The SMILES string of the molecule is CC(NC(=O)C(Cc1ccccc1)NC(=O)c1ccncc1)C(=O)O. The summed E-state index contributed by atoms with van der Waals surface area (Å²) >= 11 is 0. The fourth-order valence-electron chi connectivity index (χ4n) is 2.18. The van der Waals surface area contributed by atoms with Crippen LogP contribution in [0, 0.1) is 0 Å². The number of hydrogen-bond acceptors (Lipinski definition) is 4. The van der Waals surface area contributed by atoms with E-state index >= 15 is 0 Å². The van der Waals surface area contributed by atoms with E-state index in [0.29, 0.717) is 5.56 Å². The summed E-state index contributed by atoms with van der Waals surface area (Å²) in [7, 11) is 0. The van der Waals surface area contributed by atoms with Gasteiger partial charge in [0.15, 0.2) is 0 Å². The molecule has 0 fully saturated rings. The molecule has 0 saturated heterocycles. The largest absolute Gasteiger partial charge is 0.480 e. The van der Waals surface area contributed by atoms with Crippen LogP contribution in [0.3, 0.4) is 0 Å². The van der Waals surface area contributed by atoms with Crippen molar-refractivity contribution in [2.45, 2.75) is 25.4 Å². The second kappa shape index (κ2) is 8.58. The number of aromatic nitrogens is 1. The topological polar surface area (TPSA) is 108 Å². The van der Waals surface area contributed by atoms with E-state index in [9.17, 15) is 14.4 Å². The molecule has 0 aliphatic heterocycles. The predicted octanol–water partition coefficient (Wildman–Crippen LogP) is 1.01. The van der Waals surface area contributed by atoms with Gasteiger partial charge in [0.1, 0.15) is 12.1 Å². The Labute approximate surface area is 145 Å². The fourth-order valence-corrected chi connectivity index (χ4v) is 2.18. The highest BCUT2D eigenvalue weighted by molar-refractivity contribution is 5.98. The molecule has 0 radical (unpaired) electrons. The Bertz CT molecular complexity index is 735. The first kappa shape index (κ1) is 18.1. The third-order valence-corrected chi connectivity index (χ3v) is 3.58. The van der Waals surface area contributed by atoms with Gasteiger partial charge in [-0.15, -0.1) is 0 Å². The zero-order valence-corrected chi connectivity index (χ0v) is 13.7. The van der Waals surface area contributed by atoms with Crippen molar-refractivity contribution in [3.63, 3.8) is 0 Å². The van der Waals surface area contributed by atoms with Crippen molar-refractivity contribution in [2.75, 3.05) is 0 Å². The summed E-state index contributed by atoms with van der Waals surface area (Å²) < 4.78 is 0. The predicted molar refractivity (Wildman–Crippen MR) is 90.9 cm³/mol. The lowest BCUT2D eigenvalue weighted by Gasteiger charge is -2.20. The second-order valence-corrected chi connectivity index (χ2v) is 5.52. The highest BCUT2D eigenvalue weighted by Crippen LogP contribution is 2.06. The maximum absolute atomic E-state index is 12.4. The number of nitrogens with zero attached hydrogens (tertiary/aromatic N) is 1. The number of pyridine rings is 1. The van der Waals surface area contributed by atoms with Gasteiger partial charge in [-0.25, -0.2) is 0 Å². The van der Waals surface area contributed by atoms with Crippen LogP contribution in [-0.4, -0.2) is 40.0 Å². The maximum atomic E-state index is 12.4. The normalized spacial score (nSPS) is 12.7. The van der Waals surface area contributed by atoms with Crippen LogP contribution in [0.25, 0.3) is 0 Å². The molecule has 130 valence electrons. The third kappa shape index (κ3) is 5.42. The number of hydrogen-bond donors (Lipinski definition) is 3. The monoisotopic (exact) mass is 341 g/mol. The number of carboxylic acid groups (broad SMARTS) is 1. The number of carbonyl (C=O) groups is 3. The smallest absolute Gasteiger partial charge is 0.325 e. The molecule has 1 aromatic carbocycles. The Hall–Kier alpha value is -3.22. The van der Waals surface area contributed by atoms with Crippen LogP contribution in [-0.2, 0) is 16.0 Å². The van der Waals surface area contributed by atoms with E-state index in [1.54, 1.807) is 0 Å². The van der Waals surface area contributed by atoms with Gasteiger partial charge in [0.05, 0.1) is 0 Å². The van der Waals surface area contributed by atoms with E-state index < -0.39 is 29.9 Å². The molecular weight excluding hydrogens is 322 g/mol. The van der Waals surface area contributed by atoms with Crippen LogP contribution in [0.5, 0.6) is 0 Å². The molecule has 2 aromatic rings. The highest BCUT2D eigenvalue weighted by Gasteiger charge is 2.24. The number of carbonyl (C=O) groups excluding carboxylic acids is 2. The van der Waals surface area contributed by atoms with E-state index in [1.165, 1.54) is 31.5 Å². The summed E-state index contributed by atoms with van der Waals surface area (Å²) in [5.74, 6) is -2.13.